The van der Waals surface area contributed by atoms with Crippen LogP contribution < -0.4 is 5.32 Å². The second-order valence-corrected chi connectivity index (χ2v) is 9.40. The molecule has 0 heterocycles. The minimum absolute atomic E-state index is 0.0966. The Bertz CT molecular complexity index is 374. The Balaban J connectivity index is 3.52. The molecule has 0 aliphatic rings. The molecule has 182 valence electrons. The lowest BCUT2D eigenvalue weighted by Crippen LogP contribution is -2.43. The lowest BCUT2D eigenvalue weighted by Gasteiger charge is -2.24. The summed E-state index contributed by atoms with van der Waals surface area (Å²) < 4.78 is 69.1. The highest BCUT2D eigenvalue weighted by molar-refractivity contribution is 6.60. The topological polar surface area (TPSA) is 85.9 Å². The molecule has 0 spiro atoms. The molecule has 0 aromatic carbocycles. The SMILES string of the molecule is COCCOCCOCCOCCOCC(F)(F)CNCCC[Si](OC)(OC)OC. The Morgan fingerprint density at radius 3 is 1.63 bits per heavy atom. The van der Waals surface area contributed by atoms with Crippen molar-refractivity contribution in [1.29, 1.82) is 0 Å². The molecule has 0 aromatic heterocycles. The van der Waals surface area contributed by atoms with E-state index in [-0.39, 0.29) is 13.2 Å². The predicted octanol–water partition coefficient (Wildman–Crippen LogP) is 1.19. The summed E-state index contributed by atoms with van der Waals surface area (Å²) in [5.74, 6) is -2.95. The number of hydrogen-bond donors (Lipinski definition) is 1. The molecule has 0 bridgehead atoms. The summed E-state index contributed by atoms with van der Waals surface area (Å²) in [6.07, 6.45) is 0.605. The van der Waals surface area contributed by atoms with Crippen molar-refractivity contribution >= 4 is 8.80 Å². The first-order valence-corrected chi connectivity index (χ1v) is 11.9. The van der Waals surface area contributed by atoms with E-state index < -0.39 is 27.9 Å². The maximum absolute atomic E-state index is 13.8. The predicted molar refractivity (Wildman–Crippen MR) is 109 cm³/mol. The molecule has 0 radical (unpaired) electrons. The first-order valence-electron chi connectivity index (χ1n) is 9.99. The zero-order chi connectivity index (χ0) is 22.6. The van der Waals surface area contributed by atoms with E-state index in [2.05, 4.69) is 5.32 Å². The van der Waals surface area contributed by atoms with Gasteiger partial charge in [-0.2, -0.15) is 0 Å². The van der Waals surface area contributed by atoms with Crippen LogP contribution in [0.1, 0.15) is 6.42 Å². The summed E-state index contributed by atoms with van der Waals surface area (Å²) in [6.45, 7) is 2.43. The highest BCUT2D eigenvalue weighted by Crippen LogP contribution is 2.15. The molecule has 0 fully saturated rings. The van der Waals surface area contributed by atoms with E-state index in [0.29, 0.717) is 58.7 Å². The molecular weight excluding hydrogens is 424 g/mol. The first-order chi connectivity index (χ1) is 14.4. The van der Waals surface area contributed by atoms with Gasteiger partial charge >= 0.3 is 8.80 Å². The van der Waals surface area contributed by atoms with Crippen molar-refractivity contribution in [3.8, 4) is 0 Å². The zero-order valence-corrected chi connectivity index (χ0v) is 19.7. The van der Waals surface area contributed by atoms with E-state index in [4.69, 9.17) is 37.0 Å². The van der Waals surface area contributed by atoms with Gasteiger partial charge in [0.2, 0.25) is 0 Å². The normalized spacial score (nSPS) is 12.6. The molecule has 0 unspecified atom stereocenters. The monoisotopic (exact) mass is 463 g/mol. The molecule has 0 saturated carbocycles. The largest absolute Gasteiger partial charge is 0.500 e. The van der Waals surface area contributed by atoms with Gasteiger partial charge < -0.3 is 42.3 Å². The van der Waals surface area contributed by atoms with Crippen molar-refractivity contribution in [1.82, 2.24) is 5.32 Å². The van der Waals surface area contributed by atoms with Crippen molar-refractivity contribution in [2.75, 3.05) is 101 Å². The van der Waals surface area contributed by atoms with Crippen molar-refractivity contribution in [3.05, 3.63) is 0 Å². The van der Waals surface area contributed by atoms with Crippen LogP contribution in [0.15, 0.2) is 0 Å². The van der Waals surface area contributed by atoms with E-state index in [1.165, 1.54) is 21.3 Å². The molecule has 30 heavy (non-hydrogen) atoms. The summed E-state index contributed by atoms with van der Waals surface area (Å²) in [7, 11) is 3.53. The average molecular weight is 464 g/mol. The second-order valence-electron chi connectivity index (χ2n) is 6.31. The highest BCUT2D eigenvalue weighted by atomic mass is 28.4. The van der Waals surface area contributed by atoms with Crippen molar-refractivity contribution in [2.45, 2.75) is 18.4 Å². The molecule has 0 aliphatic carbocycles. The fourth-order valence-corrected chi connectivity index (χ4v) is 4.05. The lowest BCUT2D eigenvalue weighted by atomic mass is 10.3. The van der Waals surface area contributed by atoms with E-state index in [1.54, 1.807) is 7.11 Å². The summed E-state index contributed by atoms with van der Waals surface area (Å²) in [4.78, 5) is 0. The second kappa shape index (κ2) is 19.4. The molecular formula is C18H39F2NO8Si. The Hall–Kier alpha value is -0.283. The molecule has 0 aromatic rings. The van der Waals surface area contributed by atoms with Crippen LogP contribution in [0.25, 0.3) is 0 Å². The Morgan fingerprint density at radius 1 is 0.700 bits per heavy atom. The van der Waals surface area contributed by atoms with Crippen molar-refractivity contribution < 1.29 is 45.7 Å². The molecule has 1 N–H and O–H groups in total. The van der Waals surface area contributed by atoms with Crippen LogP contribution >= 0.6 is 0 Å². The summed E-state index contributed by atoms with van der Waals surface area (Å²) >= 11 is 0. The van der Waals surface area contributed by atoms with Gasteiger partial charge in [0.25, 0.3) is 5.92 Å². The Kier molecular flexibility index (Phi) is 19.2. The standard InChI is InChI=1S/C18H39F2NO8Si/c1-22-7-8-26-9-10-27-11-12-28-13-14-29-17-18(19,20)16-21-6-5-15-30(23-2,24-3)25-4/h21H,5-17H2,1-4H3. The van der Waals surface area contributed by atoms with Gasteiger partial charge in [-0.1, -0.05) is 0 Å². The van der Waals surface area contributed by atoms with Crippen LogP contribution in [0.5, 0.6) is 0 Å². The van der Waals surface area contributed by atoms with E-state index in [1.807, 2.05) is 0 Å². The third-order valence-electron chi connectivity index (χ3n) is 4.01. The fourth-order valence-electron chi connectivity index (χ4n) is 2.33. The Morgan fingerprint density at radius 2 is 1.17 bits per heavy atom. The van der Waals surface area contributed by atoms with Crippen molar-refractivity contribution in [2.24, 2.45) is 0 Å². The fraction of sp³-hybridized carbons (Fsp3) is 1.00. The first kappa shape index (κ1) is 29.7. The molecule has 0 atom stereocenters. The molecule has 9 nitrogen and oxygen atoms in total. The number of rotatable bonds is 23. The maximum atomic E-state index is 13.8. The van der Waals surface area contributed by atoms with Crippen LogP contribution in [0.4, 0.5) is 8.78 Å². The van der Waals surface area contributed by atoms with E-state index in [0.717, 1.165) is 0 Å². The highest BCUT2D eigenvalue weighted by Gasteiger charge is 2.37. The molecule has 0 aliphatic heterocycles. The number of halogens is 2. The van der Waals surface area contributed by atoms with E-state index in [9.17, 15) is 8.78 Å². The number of alkyl halides is 2. The molecule has 0 saturated heterocycles. The molecule has 12 heteroatoms. The van der Waals surface area contributed by atoms with Gasteiger partial charge in [0.05, 0.1) is 59.4 Å². The van der Waals surface area contributed by atoms with Crippen LogP contribution in [0.3, 0.4) is 0 Å². The minimum atomic E-state index is -2.95. The molecule has 0 rings (SSSR count). The lowest BCUT2D eigenvalue weighted by molar-refractivity contribution is -0.0850. The number of methoxy groups -OCH3 is 1. The van der Waals surface area contributed by atoms with Crippen molar-refractivity contribution in [3.63, 3.8) is 0 Å². The van der Waals surface area contributed by atoms with Gasteiger partial charge in [-0.15, -0.1) is 0 Å². The van der Waals surface area contributed by atoms with Gasteiger partial charge in [-0.05, 0) is 13.0 Å². The Labute approximate surface area is 179 Å². The van der Waals surface area contributed by atoms with Gasteiger partial charge in [0, 0.05) is 34.5 Å². The van der Waals surface area contributed by atoms with Gasteiger partial charge in [-0.3, -0.25) is 0 Å². The number of ether oxygens (including phenoxy) is 5. The average Bonchev–Trinajstić information content (AvgIpc) is 2.74. The maximum Gasteiger partial charge on any atom is 0.500 e. The summed E-state index contributed by atoms with van der Waals surface area (Å²) in [5.41, 5.74) is 0. The van der Waals surface area contributed by atoms with Gasteiger partial charge in [0.15, 0.2) is 0 Å². The van der Waals surface area contributed by atoms with Crippen LogP contribution in [-0.4, -0.2) is 116 Å². The third-order valence-corrected chi connectivity index (χ3v) is 6.85. The smallest absolute Gasteiger partial charge is 0.382 e. The number of hydrogen-bond acceptors (Lipinski definition) is 9. The third kappa shape index (κ3) is 16.4. The summed E-state index contributed by atoms with van der Waals surface area (Å²) in [5, 5.41) is 2.73. The zero-order valence-electron chi connectivity index (χ0n) is 18.7. The van der Waals surface area contributed by atoms with Gasteiger partial charge in [0.1, 0.15) is 6.61 Å². The molecule has 0 amide bonds. The number of nitrogens with one attached hydrogen (secondary N) is 1. The van der Waals surface area contributed by atoms with Crippen LogP contribution in [-0.2, 0) is 37.0 Å². The quantitative estimate of drug-likeness (QED) is 0.177. The van der Waals surface area contributed by atoms with Gasteiger partial charge in [-0.25, -0.2) is 8.78 Å². The van der Waals surface area contributed by atoms with E-state index >= 15 is 0 Å². The summed E-state index contributed by atoms with van der Waals surface area (Å²) in [6, 6.07) is 0.549. The van der Waals surface area contributed by atoms with Crippen LogP contribution in [0, 0.1) is 0 Å². The van der Waals surface area contributed by atoms with Crippen LogP contribution in [0.2, 0.25) is 6.04 Å². The minimum Gasteiger partial charge on any atom is -0.382 e.